The van der Waals surface area contributed by atoms with Gasteiger partial charge in [0.2, 0.25) is 0 Å². The first kappa shape index (κ1) is 7.69. The van der Waals surface area contributed by atoms with Gasteiger partial charge in [0.05, 0.1) is 0 Å². The van der Waals surface area contributed by atoms with Gasteiger partial charge >= 0.3 is 0 Å². The minimum atomic E-state index is 0.327. The Morgan fingerprint density at radius 1 is 1.50 bits per heavy atom. The van der Waals surface area contributed by atoms with Crippen molar-refractivity contribution < 1.29 is 0 Å². The molecule has 12 heavy (non-hydrogen) atoms. The van der Waals surface area contributed by atoms with Crippen molar-refractivity contribution in [2.24, 2.45) is 0 Å². The summed E-state index contributed by atoms with van der Waals surface area (Å²) < 4.78 is 0. The molecule has 0 aliphatic carbocycles. The van der Waals surface area contributed by atoms with E-state index in [4.69, 9.17) is 11.6 Å². The Bertz CT molecular complexity index is 344. The van der Waals surface area contributed by atoms with E-state index < -0.39 is 0 Å². The molecule has 0 saturated heterocycles. The largest absolute Gasteiger partial charge is 0.359 e. The molecule has 1 atom stereocenters. The molecule has 1 N–H and O–H groups in total. The van der Waals surface area contributed by atoms with Gasteiger partial charge in [0.15, 0.2) is 0 Å². The SMILES string of the molecule is C=C1Nc2cccc(Cl)c2C1C. The molecule has 0 bridgehead atoms. The highest BCUT2D eigenvalue weighted by Gasteiger charge is 2.23. The Morgan fingerprint density at radius 2 is 2.25 bits per heavy atom. The van der Waals surface area contributed by atoms with Crippen LogP contribution in [0.4, 0.5) is 5.69 Å². The maximum atomic E-state index is 6.05. The standard InChI is InChI=1S/C10H10ClN/c1-6-7(2)12-9-5-3-4-8(11)10(6)9/h3-6,12H,2H2,1H3. The molecule has 1 aromatic rings. The van der Waals surface area contributed by atoms with Crippen molar-refractivity contribution in [3.8, 4) is 0 Å². The third-order valence-electron chi connectivity index (χ3n) is 2.30. The van der Waals surface area contributed by atoms with Crippen LogP contribution in [0.1, 0.15) is 18.4 Å². The molecule has 2 rings (SSSR count). The van der Waals surface area contributed by atoms with Crippen molar-refractivity contribution in [1.82, 2.24) is 0 Å². The molecule has 2 heteroatoms. The number of rotatable bonds is 0. The third-order valence-corrected chi connectivity index (χ3v) is 2.63. The van der Waals surface area contributed by atoms with Crippen LogP contribution < -0.4 is 5.32 Å². The Balaban J connectivity index is 2.62. The molecule has 0 radical (unpaired) electrons. The van der Waals surface area contributed by atoms with E-state index in [0.29, 0.717) is 5.92 Å². The first-order valence-electron chi connectivity index (χ1n) is 3.94. The van der Waals surface area contributed by atoms with Gasteiger partial charge in [-0.2, -0.15) is 0 Å². The molecule has 1 unspecified atom stereocenters. The predicted octanol–water partition coefficient (Wildman–Crippen LogP) is 3.38. The van der Waals surface area contributed by atoms with Gasteiger partial charge in [-0.3, -0.25) is 0 Å². The van der Waals surface area contributed by atoms with Crippen LogP contribution in [0, 0.1) is 0 Å². The van der Waals surface area contributed by atoms with Crippen LogP contribution >= 0.6 is 11.6 Å². The van der Waals surface area contributed by atoms with Gasteiger partial charge in [0, 0.05) is 27.9 Å². The van der Waals surface area contributed by atoms with Crippen LogP contribution in [0.15, 0.2) is 30.5 Å². The van der Waals surface area contributed by atoms with Gasteiger partial charge in [-0.25, -0.2) is 0 Å². The summed E-state index contributed by atoms with van der Waals surface area (Å²) in [5.74, 6) is 0.327. The quantitative estimate of drug-likeness (QED) is 0.644. The number of halogens is 1. The summed E-state index contributed by atoms with van der Waals surface area (Å²) in [6.45, 7) is 6.03. The second-order valence-electron chi connectivity index (χ2n) is 3.07. The van der Waals surface area contributed by atoms with Crippen molar-refractivity contribution in [1.29, 1.82) is 0 Å². The average Bonchev–Trinajstić information content (AvgIpc) is 2.29. The Kier molecular flexibility index (Phi) is 1.62. The average molecular weight is 180 g/mol. The van der Waals surface area contributed by atoms with Crippen molar-refractivity contribution in [3.05, 3.63) is 41.1 Å². The van der Waals surface area contributed by atoms with Crippen LogP contribution in [-0.4, -0.2) is 0 Å². The zero-order chi connectivity index (χ0) is 8.72. The molecule has 1 aliphatic heterocycles. The van der Waals surface area contributed by atoms with Crippen LogP contribution in [0.5, 0.6) is 0 Å². The van der Waals surface area contributed by atoms with Crippen molar-refractivity contribution >= 4 is 17.3 Å². The van der Waals surface area contributed by atoms with Gasteiger partial charge in [-0.15, -0.1) is 0 Å². The molecule has 1 aliphatic rings. The van der Waals surface area contributed by atoms with E-state index in [1.54, 1.807) is 0 Å². The van der Waals surface area contributed by atoms with Crippen LogP contribution in [0.3, 0.4) is 0 Å². The maximum absolute atomic E-state index is 6.05. The fourth-order valence-electron chi connectivity index (χ4n) is 1.54. The number of anilines is 1. The summed E-state index contributed by atoms with van der Waals surface area (Å²) in [5.41, 5.74) is 3.29. The van der Waals surface area contributed by atoms with Gasteiger partial charge in [-0.1, -0.05) is 31.2 Å². The number of benzene rings is 1. The number of fused-ring (bicyclic) bond motifs is 1. The number of nitrogens with one attached hydrogen (secondary N) is 1. The Morgan fingerprint density at radius 3 is 2.92 bits per heavy atom. The summed E-state index contributed by atoms with van der Waals surface area (Å²) in [6, 6.07) is 5.88. The number of hydrogen-bond donors (Lipinski definition) is 1. The molecule has 1 heterocycles. The molecular formula is C10H10ClN. The van der Waals surface area contributed by atoms with E-state index in [-0.39, 0.29) is 0 Å². The number of hydrogen-bond acceptors (Lipinski definition) is 1. The Labute approximate surface area is 77.0 Å². The van der Waals surface area contributed by atoms with Gasteiger partial charge in [-0.05, 0) is 12.1 Å². The monoisotopic (exact) mass is 179 g/mol. The van der Waals surface area contributed by atoms with Crippen molar-refractivity contribution in [2.75, 3.05) is 5.32 Å². The smallest absolute Gasteiger partial charge is 0.0465 e. The van der Waals surface area contributed by atoms with E-state index in [1.165, 1.54) is 5.56 Å². The molecule has 62 valence electrons. The first-order chi connectivity index (χ1) is 5.70. The minimum absolute atomic E-state index is 0.327. The second-order valence-corrected chi connectivity index (χ2v) is 3.48. The predicted molar refractivity (Wildman–Crippen MR) is 52.6 cm³/mol. The molecule has 0 fully saturated rings. The molecule has 0 amide bonds. The lowest BCUT2D eigenvalue weighted by molar-refractivity contribution is 0.952. The second kappa shape index (κ2) is 2.53. The zero-order valence-electron chi connectivity index (χ0n) is 6.89. The summed E-state index contributed by atoms with van der Waals surface area (Å²) >= 11 is 6.05. The molecule has 1 aromatic carbocycles. The maximum Gasteiger partial charge on any atom is 0.0465 e. The topological polar surface area (TPSA) is 12.0 Å². The molecule has 0 saturated carbocycles. The molecule has 0 spiro atoms. The lowest BCUT2D eigenvalue weighted by Gasteiger charge is -2.04. The normalized spacial score (nSPS) is 20.5. The van der Waals surface area contributed by atoms with E-state index in [1.807, 2.05) is 18.2 Å². The number of allylic oxidation sites excluding steroid dienone is 1. The molecule has 1 nitrogen and oxygen atoms in total. The van der Waals surface area contributed by atoms with E-state index in [0.717, 1.165) is 16.4 Å². The van der Waals surface area contributed by atoms with Crippen molar-refractivity contribution in [3.63, 3.8) is 0 Å². The van der Waals surface area contributed by atoms with Gasteiger partial charge in [0.1, 0.15) is 0 Å². The van der Waals surface area contributed by atoms with E-state index in [9.17, 15) is 0 Å². The fraction of sp³-hybridized carbons (Fsp3) is 0.200. The summed E-state index contributed by atoms with van der Waals surface area (Å²) in [5, 5.41) is 4.03. The summed E-state index contributed by atoms with van der Waals surface area (Å²) in [6.07, 6.45) is 0. The van der Waals surface area contributed by atoms with Crippen LogP contribution in [0.25, 0.3) is 0 Å². The lowest BCUT2D eigenvalue weighted by Crippen LogP contribution is -1.92. The zero-order valence-corrected chi connectivity index (χ0v) is 7.65. The highest BCUT2D eigenvalue weighted by Crippen LogP contribution is 2.41. The Hall–Kier alpha value is -0.950. The highest BCUT2D eigenvalue weighted by atomic mass is 35.5. The van der Waals surface area contributed by atoms with E-state index >= 15 is 0 Å². The summed E-state index contributed by atoms with van der Waals surface area (Å²) in [4.78, 5) is 0. The highest BCUT2D eigenvalue weighted by molar-refractivity contribution is 6.32. The molecule has 0 aromatic heterocycles. The third kappa shape index (κ3) is 0.935. The minimum Gasteiger partial charge on any atom is -0.359 e. The first-order valence-corrected chi connectivity index (χ1v) is 4.32. The molecular weight excluding hydrogens is 170 g/mol. The van der Waals surface area contributed by atoms with Gasteiger partial charge in [0.25, 0.3) is 0 Å². The fourth-order valence-corrected chi connectivity index (χ4v) is 1.88. The lowest BCUT2D eigenvalue weighted by atomic mass is 10.0. The van der Waals surface area contributed by atoms with Crippen LogP contribution in [0.2, 0.25) is 5.02 Å². The van der Waals surface area contributed by atoms with E-state index in [2.05, 4.69) is 18.8 Å². The van der Waals surface area contributed by atoms with Gasteiger partial charge < -0.3 is 5.32 Å². The summed E-state index contributed by atoms with van der Waals surface area (Å²) in [7, 11) is 0. The van der Waals surface area contributed by atoms with Crippen LogP contribution in [-0.2, 0) is 0 Å². The van der Waals surface area contributed by atoms with Crippen molar-refractivity contribution in [2.45, 2.75) is 12.8 Å².